The second kappa shape index (κ2) is 4.32. The molecule has 3 atom stereocenters. The molecule has 0 aliphatic carbocycles. The quantitative estimate of drug-likeness (QED) is 0.766. The highest BCUT2D eigenvalue weighted by Gasteiger charge is 2.55. The molecule has 0 spiro atoms. The molecule has 0 saturated carbocycles. The second-order valence-electron chi connectivity index (χ2n) is 5.29. The summed E-state index contributed by atoms with van der Waals surface area (Å²) >= 11 is 0. The van der Waals surface area contributed by atoms with Crippen molar-refractivity contribution in [3.8, 4) is 6.07 Å². The minimum atomic E-state index is -1.18. The van der Waals surface area contributed by atoms with Crippen molar-refractivity contribution in [1.29, 1.82) is 5.26 Å². The van der Waals surface area contributed by atoms with E-state index in [1.54, 1.807) is 10.6 Å². The van der Waals surface area contributed by atoms with Gasteiger partial charge in [0.15, 0.2) is 11.9 Å². The molecule has 2 aliphatic heterocycles. The Morgan fingerprint density at radius 1 is 1.55 bits per heavy atom. The summed E-state index contributed by atoms with van der Waals surface area (Å²) in [5, 5.41) is 16.1. The number of nitrogen functional groups attached to an aromatic ring is 1. The van der Waals surface area contributed by atoms with Crippen molar-refractivity contribution < 1.29 is 14.3 Å². The Balaban J connectivity index is 1.74. The highest BCUT2D eigenvalue weighted by molar-refractivity contribution is 5.69. The van der Waals surface area contributed by atoms with E-state index in [0.717, 1.165) is 5.69 Å². The summed E-state index contributed by atoms with van der Waals surface area (Å²) in [5.41, 5.74) is 6.04. The maximum atomic E-state index is 11.4. The molecule has 4 rings (SSSR count). The first-order valence-corrected chi connectivity index (χ1v) is 6.74. The maximum Gasteiger partial charge on any atom is 0.407 e. The first-order valence-electron chi connectivity index (χ1n) is 6.74. The number of rotatable bonds is 1. The Bertz CT molecular complexity index is 812. The van der Waals surface area contributed by atoms with Gasteiger partial charge < -0.3 is 20.5 Å². The summed E-state index contributed by atoms with van der Waals surface area (Å²) in [6.45, 7) is 0.101. The zero-order valence-electron chi connectivity index (χ0n) is 11.4. The number of amides is 1. The number of hydrogen-bond donors (Lipinski definition) is 2. The summed E-state index contributed by atoms with van der Waals surface area (Å²) in [7, 11) is 0. The monoisotopic (exact) mass is 300 g/mol. The van der Waals surface area contributed by atoms with E-state index in [4.69, 9.17) is 15.2 Å². The van der Waals surface area contributed by atoms with Gasteiger partial charge in [-0.2, -0.15) is 10.4 Å². The van der Waals surface area contributed by atoms with Gasteiger partial charge in [0, 0.05) is 6.42 Å². The number of nitrogens with one attached hydrogen (secondary N) is 1. The third-order valence-corrected chi connectivity index (χ3v) is 4.08. The number of ether oxygens (including phenoxy) is 2. The number of fused-ring (bicyclic) bond motifs is 2. The van der Waals surface area contributed by atoms with Crippen molar-refractivity contribution in [2.24, 2.45) is 0 Å². The van der Waals surface area contributed by atoms with Crippen LogP contribution < -0.4 is 11.1 Å². The lowest BCUT2D eigenvalue weighted by Crippen LogP contribution is -2.55. The van der Waals surface area contributed by atoms with Crippen molar-refractivity contribution in [1.82, 2.24) is 19.9 Å². The van der Waals surface area contributed by atoms with E-state index in [9.17, 15) is 10.1 Å². The molecule has 112 valence electrons. The molecule has 9 heteroatoms. The van der Waals surface area contributed by atoms with Crippen LogP contribution >= 0.6 is 0 Å². The van der Waals surface area contributed by atoms with E-state index >= 15 is 0 Å². The second-order valence-corrected chi connectivity index (χ2v) is 5.29. The molecule has 0 bridgehead atoms. The first kappa shape index (κ1) is 12.8. The molecule has 1 amide bonds. The third kappa shape index (κ3) is 1.64. The highest BCUT2D eigenvalue weighted by atomic mass is 16.6. The number of aromatic nitrogens is 3. The van der Waals surface area contributed by atoms with Gasteiger partial charge >= 0.3 is 6.09 Å². The van der Waals surface area contributed by atoms with Crippen LogP contribution in [0.2, 0.25) is 0 Å². The molecule has 9 nitrogen and oxygen atoms in total. The van der Waals surface area contributed by atoms with Crippen LogP contribution in [0.3, 0.4) is 0 Å². The van der Waals surface area contributed by atoms with Gasteiger partial charge in [-0.15, -0.1) is 0 Å². The van der Waals surface area contributed by atoms with Crippen molar-refractivity contribution in [2.75, 3.05) is 12.3 Å². The van der Waals surface area contributed by atoms with Gasteiger partial charge in [0.05, 0.1) is 12.2 Å². The molecule has 2 aliphatic rings. The Kier molecular flexibility index (Phi) is 2.52. The smallest absolute Gasteiger partial charge is 0.407 e. The maximum absolute atomic E-state index is 11.4. The third-order valence-electron chi connectivity index (χ3n) is 4.08. The van der Waals surface area contributed by atoms with E-state index in [2.05, 4.69) is 21.5 Å². The predicted octanol–water partition coefficient (Wildman–Crippen LogP) is 0.144. The van der Waals surface area contributed by atoms with Crippen LogP contribution in [0, 0.1) is 11.3 Å². The van der Waals surface area contributed by atoms with Crippen LogP contribution in [0.5, 0.6) is 0 Å². The lowest BCUT2D eigenvalue weighted by Gasteiger charge is -2.31. The average Bonchev–Trinajstić information content (AvgIpc) is 3.09. The van der Waals surface area contributed by atoms with Gasteiger partial charge in [-0.05, 0) is 12.1 Å². The SMILES string of the molecule is N#C[C@@]12CNC(=O)O[C@H]1C[C@H](c1ccc3c(N)ncnn13)O2. The Morgan fingerprint density at radius 2 is 2.41 bits per heavy atom. The Hall–Kier alpha value is -2.86. The normalized spacial score (nSPS) is 30.4. The minimum Gasteiger partial charge on any atom is -0.442 e. The highest BCUT2D eigenvalue weighted by Crippen LogP contribution is 2.42. The number of nitrogens with zero attached hydrogens (tertiary/aromatic N) is 4. The van der Waals surface area contributed by atoms with E-state index in [1.165, 1.54) is 6.33 Å². The number of hydrogen-bond acceptors (Lipinski definition) is 7. The predicted molar refractivity (Wildman–Crippen MR) is 72.5 cm³/mol. The number of carbonyl (C=O) groups excluding carboxylic acids is 1. The van der Waals surface area contributed by atoms with E-state index in [0.29, 0.717) is 17.8 Å². The van der Waals surface area contributed by atoms with E-state index < -0.39 is 23.9 Å². The van der Waals surface area contributed by atoms with Gasteiger partial charge in [0.1, 0.15) is 24.0 Å². The van der Waals surface area contributed by atoms with Crippen molar-refractivity contribution >= 4 is 17.4 Å². The molecule has 22 heavy (non-hydrogen) atoms. The van der Waals surface area contributed by atoms with Gasteiger partial charge in [-0.3, -0.25) is 0 Å². The van der Waals surface area contributed by atoms with Crippen LogP contribution in [0.4, 0.5) is 10.6 Å². The van der Waals surface area contributed by atoms with Crippen LogP contribution in [0.1, 0.15) is 18.2 Å². The molecular weight excluding hydrogens is 288 g/mol. The molecular formula is C13H12N6O3. The van der Waals surface area contributed by atoms with Crippen molar-refractivity contribution in [3.63, 3.8) is 0 Å². The minimum absolute atomic E-state index is 0.101. The summed E-state index contributed by atoms with van der Waals surface area (Å²) in [6, 6.07) is 5.74. The molecule has 4 heterocycles. The molecule has 2 saturated heterocycles. The largest absolute Gasteiger partial charge is 0.442 e. The van der Waals surface area contributed by atoms with Crippen molar-refractivity contribution in [3.05, 3.63) is 24.2 Å². The molecule has 0 aromatic carbocycles. The lowest BCUT2D eigenvalue weighted by molar-refractivity contribution is -0.0628. The van der Waals surface area contributed by atoms with Gasteiger partial charge in [0.25, 0.3) is 0 Å². The van der Waals surface area contributed by atoms with Crippen LogP contribution in [0.15, 0.2) is 18.5 Å². The molecule has 3 N–H and O–H groups in total. The van der Waals surface area contributed by atoms with Gasteiger partial charge in [-0.1, -0.05) is 0 Å². The van der Waals surface area contributed by atoms with Crippen LogP contribution in [-0.4, -0.2) is 38.9 Å². The Labute approximate surface area is 124 Å². The molecule has 2 aromatic heterocycles. The fourth-order valence-corrected chi connectivity index (χ4v) is 2.97. The molecule has 2 aromatic rings. The zero-order valence-corrected chi connectivity index (χ0v) is 11.4. The number of carbonyl (C=O) groups is 1. The fraction of sp³-hybridized carbons (Fsp3) is 0.385. The summed E-state index contributed by atoms with van der Waals surface area (Å²) in [6.07, 6.45) is 0.175. The average molecular weight is 300 g/mol. The fourth-order valence-electron chi connectivity index (χ4n) is 2.97. The number of nitrogens with two attached hydrogens (primary N) is 1. The standard InChI is InChI=1S/C13H12N6O3/c14-4-13-5-16-12(20)21-10(13)3-9(22-13)7-1-2-8-11(15)17-6-18-19(7)8/h1-2,6,9-10H,3,5H2,(H,16,20)(H2,15,17,18)/t9-,10+,13-/m1/s1. The van der Waals surface area contributed by atoms with Gasteiger partial charge in [-0.25, -0.2) is 14.3 Å². The lowest BCUT2D eigenvalue weighted by atomic mass is 9.96. The molecule has 2 fully saturated rings. The number of anilines is 1. The van der Waals surface area contributed by atoms with Crippen molar-refractivity contribution in [2.45, 2.75) is 24.2 Å². The molecule has 0 radical (unpaired) electrons. The molecule has 0 unspecified atom stereocenters. The van der Waals surface area contributed by atoms with Crippen LogP contribution in [-0.2, 0) is 9.47 Å². The number of nitriles is 1. The summed E-state index contributed by atoms with van der Waals surface area (Å²) < 4.78 is 12.8. The Morgan fingerprint density at radius 3 is 3.23 bits per heavy atom. The summed E-state index contributed by atoms with van der Waals surface area (Å²) in [5.74, 6) is 0.361. The summed E-state index contributed by atoms with van der Waals surface area (Å²) in [4.78, 5) is 15.3. The first-order chi connectivity index (χ1) is 10.6. The van der Waals surface area contributed by atoms with E-state index in [1.807, 2.05) is 6.07 Å². The van der Waals surface area contributed by atoms with E-state index in [-0.39, 0.29) is 6.54 Å². The number of alkyl carbamates (subject to hydrolysis) is 1. The van der Waals surface area contributed by atoms with Crippen LogP contribution in [0.25, 0.3) is 5.52 Å². The van der Waals surface area contributed by atoms with Gasteiger partial charge in [0.2, 0.25) is 5.60 Å². The zero-order chi connectivity index (χ0) is 15.3. The topological polar surface area (TPSA) is 128 Å².